The van der Waals surface area contributed by atoms with Gasteiger partial charge in [0.2, 0.25) is 5.95 Å². The molecule has 0 unspecified atom stereocenters. The number of piperidine rings is 1. The van der Waals surface area contributed by atoms with Crippen molar-refractivity contribution in [3.05, 3.63) is 41.7 Å². The van der Waals surface area contributed by atoms with E-state index in [1.165, 1.54) is 28.5 Å². The van der Waals surface area contributed by atoms with E-state index in [-0.39, 0.29) is 0 Å². The molecule has 3 N–H and O–H groups in total. The summed E-state index contributed by atoms with van der Waals surface area (Å²) in [5.74, 6) is 1.29. The third-order valence-electron chi connectivity index (χ3n) is 5.30. The molecule has 4 rings (SSSR count). The predicted molar refractivity (Wildman–Crippen MR) is 112 cm³/mol. The van der Waals surface area contributed by atoms with Gasteiger partial charge in [-0.25, -0.2) is 9.97 Å². The summed E-state index contributed by atoms with van der Waals surface area (Å²) >= 11 is 0. The summed E-state index contributed by atoms with van der Waals surface area (Å²) in [6.45, 7) is 8.69. The van der Waals surface area contributed by atoms with Gasteiger partial charge in [-0.05, 0) is 49.8 Å². The molecule has 0 radical (unpaired) electrons. The molecule has 3 aromatic rings. The zero-order chi connectivity index (χ0) is 18.8. The molecule has 1 aliphatic heterocycles. The first kappa shape index (κ1) is 18.0. The summed E-state index contributed by atoms with van der Waals surface area (Å²) in [5, 5.41) is 8.20. The number of fused-ring (bicyclic) bond motifs is 1. The van der Waals surface area contributed by atoms with Gasteiger partial charge in [0, 0.05) is 41.4 Å². The summed E-state index contributed by atoms with van der Waals surface area (Å²) in [4.78, 5) is 13.1. The van der Waals surface area contributed by atoms with Crippen LogP contribution in [0.15, 0.2) is 30.6 Å². The molecule has 2 aromatic heterocycles. The van der Waals surface area contributed by atoms with Crippen molar-refractivity contribution in [3.8, 4) is 11.3 Å². The van der Waals surface area contributed by atoms with Gasteiger partial charge in [-0.2, -0.15) is 0 Å². The minimum atomic E-state index is 0.396. The third-order valence-corrected chi connectivity index (χ3v) is 5.30. The lowest BCUT2D eigenvalue weighted by Crippen LogP contribution is -2.38. The third kappa shape index (κ3) is 3.83. The van der Waals surface area contributed by atoms with Gasteiger partial charge in [-0.1, -0.05) is 32.0 Å². The Kier molecular flexibility index (Phi) is 5.12. The van der Waals surface area contributed by atoms with Crippen molar-refractivity contribution < 1.29 is 0 Å². The van der Waals surface area contributed by atoms with Crippen molar-refractivity contribution >= 4 is 16.9 Å². The fraction of sp³-hybridized carbons (Fsp3) is 0.455. The number of aryl methyl sites for hydroxylation is 1. The Morgan fingerprint density at radius 1 is 1.30 bits per heavy atom. The van der Waals surface area contributed by atoms with Crippen LogP contribution in [-0.2, 0) is 6.42 Å². The SMILES string of the molecule is Cc1cccc2c(-c3nc(N[C@H]4CCCNC4)ncc3CC(C)C)c[nH]c12. The molecule has 1 saturated heterocycles. The Morgan fingerprint density at radius 2 is 2.19 bits per heavy atom. The Balaban J connectivity index is 1.75. The lowest BCUT2D eigenvalue weighted by atomic mass is 9.98. The van der Waals surface area contributed by atoms with Crippen LogP contribution in [0.1, 0.15) is 37.8 Å². The van der Waals surface area contributed by atoms with Crippen molar-refractivity contribution in [1.82, 2.24) is 20.3 Å². The Bertz CT molecular complexity index is 922. The molecule has 1 atom stereocenters. The number of hydrogen-bond acceptors (Lipinski definition) is 4. The molecule has 27 heavy (non-hydrogen) atoms. The van der Waals surface area contributed by atoms with E-state index in [9.17, 15) is 0 Å². The van der Waals surface area contributed by atoms with E-state index >= 15 is 0 Å². The molecule has 0 saturated carbocycles. The van der Waals surface area contributed by atoms with Crippen molar-refractivity contribution in [2.75, 3.05) is 18.4 Å². The van der Waals surface area contributed by atoms with Crippen LogP contribution in [0.2, 0.25) is 0 Å². The van der Waals surface area contributed by atoms with Crippen LogP contribution in [0.3, 0.4) is 0 Å². The van der Waals surface area contributed by atoms with E-state index in [2.05, 4.69) is 65.8 Å². The van der Waals surface area contributed by atoms with Gasteiger partial charge in [0.15, 0.2) is 0 Å². The average molecular weight is 364 g/mol. The van der Waals surface area contributed by atoms with Crippen LogP contribution in [0.4, 0.5) is 5.95 Å². The van der Waals surface area contributed by atoms with Crippen LogP contribution >= 0.6 is 0 Å². The van der Waals surface area contributed by atoms with Crippen LogP contribution in [0.25, 0.3) is 22.2 Å². The summed E-state index contributed by atoms with van der Waals surface area (Å²) in [6.07, 6.45) is 7.42. The topological polar surface area (TPSA) is 65.6 Å². The molecular formula is C22H29N5. The smallest absolute Gasteiger partial charge is 0.223 e. The molecule has 5 nitrogen and oxygen atoms in total. The lowest BCUT2D eigenvalue weighted by molar-refractivity contribution is 0.478. The maximum atomic E-state index is 4.97. The van der Waals surface area contributed by atoms with E-state index in [0.717, 1.165) is 43.1 Å². The fourth-order valence-corrected chi connectivity index (χ4v) is 3.96. The van der Waals surface area contributed by atoms with Crippen molar-refractivity contribution in [2.45, 2.75) is 46.1 Å². The first-order valence-corrected chi connectivity index (χ1v) is 10.0. The minimum Gasteiger partial charge on any atom is -0.360 e. The second kappa shape index (κ2) is 7.69. The number of hydrogen-bond donors (Lipinski definition) is 3. The van der Waals surface area contributed by atoms with E-state index in [4.69, 9.17) is 4.98 Å². The van der Waals surface area contributed by atoms with Crippen LogP contribution < -0.4 is 10.6 Å². The molecule has 1 aromatic carbocycles. The highest BCUT2D eigenvalue weighted by atomic mass is 15.1. The molecule has 0 aliphatic carbocycles. The molecule has 1 fully saturated rings. The number of rotatable bonds is 5. The minimum absolute atomic E-state index is 0.396. The van der Waals surface area contributed by atoms with Gasteiger partial charge >= 0.3 is 0 Å². The number of aromatic amines is 1. The molecule has 3 heterocycles. The van der Waals surface area contributed by atoms with Gasteiger partial charge in [0.25, 0.3) is 0 Å². The van der Waals surface area contributed by atoms with Gasteiger partial charge < -0.3 is 15.6 Å². The monoisotopic (exact) mass is 363 g/mol. The highest BCUT2D eigenvalue weighted by Gasteiger charge is 2.18. The normalized spacial score (nSPS) is 17.6. The number of anilines is 1. The number of aromatic nitrogens is 3. The second-order valence-corrected chi connectivity index (χ2v) is 8.05. The van der Waals surface area contributed by atoms with Gasteiger partial charge in [0.05, 0.1) is 5.69 Å². The quantitative estimate of drug-likeness (QED) is 0.632. The van der Waals surface area contributed by atoms with E-state index < -0.39 is 0 Å². The van der Waals surface area contributed by atoms with Crippen LogP contribution in [-0.4, -0.2) is 34.1 Å². The summed E-state index contributed by atoms with van der Waals surface area (Å²) in [7, 11) is 0. The van der Waals surface area contributed by atoms with E-state index in [1.54, 1.807) is 0 Å². The van der Waals surface area contributed by atoms with Crippen LogP contribution in [0, 0.1) is 12.8 Å². The maximum absolute atomic E-state index is 4.97. The van der Waals surface area contributed by atoms with Gasteiger partial charge in [-0.15, -0.1) is 0 Å². The number of H-pyrrole nitrogens is 1. The van der Waals surface area contributed by atoms with Crippen molar-refractivity contribution in [3.63, 3.8) is 0 Å². The maximum Gasteiger partial charge on any atom is 0.223 e. The summed E-state index contributed by atoms with van der Waals surface area (Å²) < 4.78 is 0. The van der Waals surface area contributed by atoms with E-state index in [1.807, 2.05) is 6.20 Å². The number of nitrogens with zero attached hydrogens (tertiary/aromatic N) is 2. The number of benzene rings is 1. The lowest BCUT2D eigenvalue weighted by Gasteiger charge is -2.24. The average Bonchev–Trinajstić information content (AvgIpc) is 3.09. The zero-order valence-corrected chi connectivity index (χ0v) is 16.5. The first-order valence-electron chi connectivity index (χ1n) is 10.0. The Morgan fingerprint density at radius 3 is 2.96 bits per heavy atom. The molecule has 0 amide bonds. The molecule has 142 valence electrons. The summed E-state index contributed by atoms with van der Waals surface area (Å²) in [6, 6.07) is 6.83. The fourth-order valence-electron chi connectivity index (χ4n) is 3.96. The Labute approximate surface area is 161 Å². The molecule has 1 aliphatic rings. The predicted octanol–water partition coefficient (Wildman–Crippen LogP) is 4.30. The zero-order valence-electron chi connectivity index (χ0n) is 16.5. The Hall–Kier alpha value is -2.40. The molecule has 5 heteroatoms. The summed E-state index contributed by atoms with van der Waals surface area (Å²) in [5.41, 5.74) is 5.86. The van der Waals surface area contributed by atoms with Crippen molar-refractivity contribution in [1.29, 1.82) is 0 Å². The first-order chi connectivity index (χ1) is 13.1. The number of para-hydroxylation sites is 1. The van der Waals surface area contributed by atoms with Crippen molar-refractivity contribution in [2.24, 2.45) is 5.92 Å². The highest BCUT2D eigenvalue weighted by Crippen LogP contribution is 2.32. The highest BCUT2D eigenvalue weighted by molar-refractivity contribution is 5.96. The molecule has 0 bridgehead atoms. The number of nitrogens with one attached hydrogen (secondary N) is 3. The van der Waals surface area contributed by atoms with Gasteiger partial charge in [0.1, 0.15) is 0 Å². The van der Waals surface area contributed by atoms with Crippen LogP contribution in [0.5, 0.6) is 0 Å². The largest absolute Gasteiger partial charge is 0.360 e. The van der Waals surface area contributed by atoms with Gasteiger partial charge in [-0.3, -0.25) is 0 Å². The van der Waals surface area contributed by atoms with E-state index in [0.29, 0.717) is 12.0 Å². The standard InChI is InChI=1S/C22H29N5/c1-14(2)10-16-11-25-22(26-17-7-5-9-23-12-17)27-21(16)19-13-24-20-15(3)6-4-8-18(19)20/h4,6,8,11,13-14,17,23-24H,5,7,9-10,12H2,1-3H3,(H,25,26,27)/t17-/m0/s1. The molecular weight excluding hydrogens is 334 g/mol. The molecule has 0 spiro atoms. The second-order valence-electron chi connectivity index (χ2n) is 8.05.